The van der Waals surface area contributed by atoms with Crippen LogP contribution in [0.1, 0.15) is 45.6 Å². The van der Waals surface area contributed by atoms with Gasteiger partial charge in [0.15, 0.2) is 0 Å². The summed E-state index contributed by atoms with van der Waals surface area (Å²) < 4.78 is 5.56. The monoisotopic (exact) mass is 300 g/mol. The van der Waals surface area contributed by atoms with Gasteiger partial charge >= 0.3 is 6.09 Å². The molecule has 118 valence electrons. The first kappa shape index (κ1) is 14.9. The minimum absolute atomic E-state index is 0.154. The fourth-order valence-electron chi connectivity index (χ4n) is 3.34. The van der Waals surface area contributed by atoms with Gasteiger partial charge in [-0.05, 0) is 63.3 Å². The predicted molar refractivity (Wildman–Crippen MR) is 88.3 cm³/mol. The van der Waals surface area contributed by atoms with E-state index >= 15 is 0 Å². The molecule has 4 heteroatoms. The highest BCUT2D eigenvalue weighted by Gasteiger charge is 2.41. The van der Waals surface area contributed by atoms with Gasteiger partial charge in [-0.25, -0.2) is 4.79 Å². The number of fused-ring (bicyclic) bond motifs is 2. The molecule has 4 nitrogen and oxygen atoms in total. The Morgan fingerprint density at radius 3 is 2.50 bits per heavy atom. The van der Waals surface area contributed by atoms with E-state index in [1.807, 2.05) is 37.8 Å². The first-order chi connectivity index (χ1) is 10.3. The van der Waals surface area contributed by atoms with Crippen LogP contribution in [-0.4, -0.2) is 28.7 Å². The molecule has 22 heavy (non-hydrogen) atoms. The molecular weight excluding hydrogens is 276 g/mol. The maximum Gasteiger partial charge on any atom is 0.411 e. The third-order valence-electron chi connectivity index (χ3n) is 4.28. The van der Waals surface area contributed by atoms with Crippen molar-refractivity contribution in [2.75, 3.05) is 5.73 Å². The Morgan fingerprint density at radius 1 is 1.23 bits per heavy atom. The highest BCUT2D eigenvalue weighted by atomic mass is 16.6. The lowest BCUT2D eigenvalue weighted by atomic mass is 9.95. The second-order valence-corrected chi connectivity index (χ2v) is 7.20. The number of amides is 1. The maximum atomic E-state index is 12.4. The highest BCUT2D eigenvalue weighted by molar-refractivity contribution is 5.75. The van der Waals surface area contributed by atoms with E-state index < -0.39 is 5.60 Å². The van der Waals surface area contributed by atoms with E-state index in [0.717, 1.165) is 24.9 Å². The van der Waals surface area contributed by atoms with Crippen LogP contribution in [0.5, 0.6) is 0 Å². The van der Waals surface area contributed by atoms with E-state index in [9.17, 15) is 4.79 Å². The van der Waals surface area contributed by atoms with E-state index in [1.165, 1.54) is 11.1 Å². The fraction of sp³-hybridized carbons (Fsp3) is 0.500. The standard InChI is InChI=1S/C18H24N2O2/c1-18(2,3)22-17(21)20-15-8-9-16(20)11-13(10-15)12-4-6-14(19)7-5-12/h4-7,10,15-16H,8-9,11,19H2,1-3H3. The number of hydrogen-bond acceptors (Lipinski definition) is 3. The lowest BCUT2D eigenvalue weighted by Gasteiger charge is -2.35. The minimum atomic E-state index is -0.447. The van der Waals surface area contributed by atoms with Gasteiger partial charge in [0.2, 0.25) is 0 Å². The summed E-state index contributed by atoms with van der Waals surface area (Å²) in [5.74, 6) is 0. The highest BCUT2D eigenvalue weighted by Crippen LogP contribution is 2.39. The first-order valence-corrected chi connectivity index (χ1v) is 7.91. The molecule has 1 fully saturated rings. The number of benzene rings is 1. The van der Waals surface area contributed by atoms with Crippen molar-refractivity contribution in [1.29, 1.82) is 0 Å². The predicted octanol–water partition coefficient (Wildman–Crippen LogP) is 3.82. The van der Waals surface area contributed by atoms with Gasteiger partial charge in [-0.2, -0.15) is 0 Å². The van der Waals surface area contributed by atoms with Crippen molar-refractivity contribution >= 4 is 17.4 Å². The Hall–Kier alpha value is -1.97. The summed E-state index contributed by atoms with van der Waals surface area (Å²) in [6, 6.07) is 8.38. The molecule has 2 heterocycles. The summed E-state index contributed by atoms with van der Waals surface area (Å²) in [7, 11) is 0. The molecule has 0 saturated carbocycles. The molecule has 1 amide bonds. The lowest BCUT2D eigenvalue weighted by molar-refractivity contribution is 0.0175. The Labute approximate surface area is 131 Å². The smallest absolute Gasteiger partial charge is 0.411 e. The summed E-state index contributed by atoms with van der Waals surface area (Å²) in [6.07, 6.45) is 4.98. The average molecular weight is 300 g/mol. The van der Waals surface area contributed by atoms with Crippen LogP contribution in [0, 0.1) is 0 Å². The van der Waals surface area contributed by atoms with Gasteiger partial charge in [-0.3, -0.25) is 4.90 Å². The zero-order valence-electron chi connectivity index (χ0n) is 13.5. The summed E-state index contributed by atoms with van der Waals surface area (Å²) in [5.41, 5.74) is 8.60. The van der Waals surface area contributed by atoms with Crippen LogP contribution in [0.3, 0.4) is 0 Å². The van der Waals surface area contributed by atoms with Gasteiger partial charge in [0.25, 0.3) is 0 Å². The lowest BCUT2D eigenvalue weighted by Crippen LogP contribution is -2.45. The maximum absolute atomic E-state index is 12.4. The Balaban J connectivity index is 1.80. The van der Waals surface area contributed by atoms with Crippen LogP contribution in [0.4, 0.5) is 10.5 Å². The number of anilines is 1. The zero-order valence-corrected chi connectivity index (χ0v) is 13.5. The zero-order chi connectivity index (χ0) is 15.9. The Bertz CT molecular complexity index is 599. The molecule has 2 unspecified atom stereocenters. The number of hydrogen-bond donors (Lipinski definition) is 1. The average Bonchev–Trinajstić information content (AvgIpc) is 2.69. The van der Waals surface area contributed by atoms with E-state index in [1.54, 1.807) is 0 Å². The minimum Gasteiger partial charge on any atom is -0.444 e. The first-order valence-electron chi connectivity index (χ1n) is 7.91. The molecule has 2 bridgehead atoms. The molecule has 1 aromatic rings. The third kappa shape index (κ3) is 2.96. The molecule has 2 N–H and O–H groups in total. The number of nitrogens with two attached hydrogens (primary N) is 1. The molecule has 2 atom stereocenters. The van der Waals surface area contributed by atoms with Gasteiger partial charge in [0, 0.05) is 11.7 Å². The number of carbonyl (C=O) groups is 1. The summed E-state index contributed by atoms with van der Waals surface area (Å²) in [4.78, 5) is 14.3. The molecule has 2 aliphatic heterocycles. The largest absolute Gasteiger partial charge is 0.444 e. The van der Waals surface area contributed by atoms with E-state index in [2.05, 4.69) is 18.2 Å². The van der Waals surface area contributed by atoms with Crippen molar-refractivity contribution in [1.82, 2.24) is 4.90 Å². The second kappa shape index (κ2) is 5.34. The van der Waals surface area contributed by atoms with Crippen LogP contribution < -0.4 is 5.73 Å². The molecule has 3 rings (SSSR count). The fourth-order valence-corrected chi connectivity index (χ4v) is 3.34. The summed E-state index contributed by atoms with van der Waals surface area (Å²) >= 11 is 0. The number of rotatable bonds is 1. The molecule has 0 aliphatic carbocycles. The quantitative estimate of drug-likeness (QED) is 0.802. The Kier molecular flexibility index (Phi) is 3.63. The van der Waals surface area contributed by atoms with Crippen LogP contribution >= 0.6 is 0 Å². The van der Waals surface area contributed by atoms with Crippen molar-refractivity contribution < 1.29 is 9.53 Å². The van der Waals surface area contributed by atoms with Gasteiger partial charge < -0.3 is 10.5 Å². The van der Waals surface area contributed by atoms with Gasteiger partial charge in [-0.1, -0.05) is 18.2 Å². The van der Waals surface area contributed by atoms with Gasteiger partial charge in [-0.15, -0.1) is 0 Å². The SMILES string of the molecule is CC(C)(C)OC(=O)N1C2C=C(c3ccc(N)cc3)CC1CC2. The van der Waals surface area contributed by atoms with E-state index in [0.29, 0.717) is 0 Å². The van der Waals surface area contributed by atoms with Crippen molar-refractivity contribution in [2.45, 2.75) is 57.7 Å². The van der Waals surface area contributed by atoms with Crippen molar-refractivity contribution in [2.24, 2.45) is 0 Å². The van der Waals surface area contributed by atoms with E-state index in [4.69, 9.17) is 10.5 Å². The number of nitrogens with zero attached hydrogens (tertiary/aromatic N) is 1. The van der Waals surface area contributed by atoms with Crippen molar-refractivity contribution in [3.05, 3.63) is 35.9 Å². The van der Waals surface area contributed by atoms with Crippen LogP contribution in [0.2, 0.25) is 0 Å². The molecular formula is C18H24N2O2. The van der Waals surface area contributed by atoms with Crippen LogP contribution in [-0.2, 0) is 4.74 Å². The molecule has 0 radical (unpaired) electrons. The Morgan fingerprint density at radius 2 is 1.91 bits per heavy atom. The molecule has 0 aromatic heterocycles. The number of carbonyl (C=O) groups excluding carboxylic acids is 1. The van der Waals surface area contributed by atoms with Crippen molar-refractivity contribution in [3.63, 3.8) is 0 Å². The molecule has 0 spiro atoms. The molecule has 1 aromatic carbocycles. The van der Waals surface area contributed by atoms with Gasteiger partial charge in [0.05, 0.1) is 6.04 Å². The topological polar surface area (TPSA) is 55.6 Å². The van der Waals surface area contributed by atoms with Gasteiger partial charge in [0.1, 0.15) is 5.60 Å². The molecule has 1 saturated heterocycles. The normalized spacial score (nSPS) is 24.1. The number of ether oxygens (including phenoxy) is 1. The van der Waals surface area contributed by atoms with Crippen molar-refractivity contribution in [3.8, 4) is 0 Å². The second-order valence-electron chi connectivity index (χ2n) is 7.20. The third-order valence-corrected chi connectivity index (χ3v) is 4.28. The van der Waals surface area contributed by atoms with Crippen LogP contribution in [0.15, 0.2) is 30.3 Å². The number of nitrogen functional groups attached to an aromatic ring is 1. The summed E-state index contributed by atoms with van der Waals surface area (Å²) in [5, 5.41) is 0. The summed E-state index contributed by atoms with van der Waals surface area (Å²) in [6.45, 7) is 5.73. The molecule has 2 aliphatic rings. The van der Waals surface area contributed by atoms with Crippen LogP contribution in [0.25, 0.3) is 5.57 Å². The van der Waals surface area contributed by atoms with E-state index in [-0.39, 0.29) is 18.2 Å².